The number of methoxy groups -OCH3 is 1. The summed E-state index contributed by atoms with van der Waals surface area (Å²) in [7, 11) is 1.57. The molecule has 3 nitrogen and oxygen atoms in total. The molecular formula is C11H14O3S. The molecule has 82 valence electrons. The van der Waals surface area contributed by atoms with E-state index in [1.165, 1.54) is 0 Å². The molecular weight excluding hydrogens is 212 g/mol. The number of esters is 1. The van der Waals surface area contributed by atoms with E-state index in [1.807, 2.05) is 6.07 Å². The Morgan fingerprint density at radius 3 is 2.73 bits per heavy atom. The molecule has 0 saturated heterocycles. The molecule has 1 aromatic rings. The Morgan fingerprint density at radius 2 is 2.13 bits per heavy atom. The maximum Gasteiger partial charge on any atom is 0.339 e. The summed E-state index contributed by atoms with van der Waals surface area (Å²) in [5, 5.41) is 0. The van der Waals surface area contributed by atoms with E-state index in [9.17, 15) is 4.79 Å². The molecule has 4 heteroatoms. The van der Waals surface area contributed by atoms with Crippen LogP contribution >= 0.6 is 12.6 Å². The standard InChI is InChI=1S/C11H14O3S/c1-8(7-13-2)14-11(12)9-5-3-4-6-10(9)15/h3-6,8,15H,7H2,1-2H3. The number of thiol groups is 1. The van der Waals surface area contributed by atoms with Gasteiger partial charge in [0.25, 0.3) is 0 Å². The second-order valence-corrected chi connectivity index (χ2v) is 3.67. The molecule has 0 radical (unpaired) electrons. The molecule has 1 atom stereocenters. The quantitative estimate of drug-likeness (QED) is 0.631. The van der Waals surface area contributed by atoms with Crippen molar-refractivity contribution in [1.82, 2.24) is 0 Å². The third-order valence-corrected chi connectivity index (χ3v) is 2.22. The summed E-state index contributed by atoms with van der Waals surface area (Å²) in [5.41, 5.74) is 0.476. The van der Waals surface area contributed by atoms with Gasteiger partial charge in [-0.25, -0.2) is 4.79 Å². The summed E-state index contributed by atoms with van der Waals surface area (Å²) in [6.07, 6.45) is -0.254. The molecule has 15 heavy (non-hydrogen) atoms. The SMILES string of the molecule is COCC(C)OC(=O)c1ccccc1S. The van der Waals surface area contributed by atoms with Crippen LogP contribution in [0.15, 0.2) is 29.2 Å². The molecule has 0 aliphatic carbocycles. The topological polar surface area (TPSA) is 35.5 Å². The fourth-order valence-corrected chi connectivity index (χ4v) is 1.41. The Hall–Kier alpha value is -1.00. The van der Waals surface area contributed by atoms with Gasteiger partial charge in [-0.15, -0.1) is 12.6 Å². The van der Waals surface area contributed by atoms with Crippen LogP contribution in [0.4, 0.5) is 0 Å². The van der Waals surface area contributed by atoms with Gasteiger partial charge in [0.05, 0.1) is 12.2 Å². The van der Waals surface area contributed by atoms with Crippen LogP contribution < -0.4 is 0 Å². The second kappa shape index (κ2) is 5.78. The molecule has 0 bridgehead atoms. The van der Waals surface area contributed by atoms with E-state index >= 15 is 0 Å². The minimum absolute atomic E-state index is 0.254. The minimum Gasteiger partial charge on any atom is -0.457 e. The molecule has 0 aliphatic rings. The van der Waals surface area contributed by atoms with Gasteiger partial charge in [0.2, 0.25) is 0 Å². The van der Waals surface area contributed by atoms with E-state index in [4.69, 9.17) is 9.47 Å². The Labute approximate surface area is 94.8 Å². The number of carbonyl (C=O) groups excluding carboxylic acids is 1. The van der Waals surface area contributed by atoms with Crippen molar-refractivity contribution in [2.45, 2.75) is 17.9 Å². The fourth-order valence-electron chi connectivity index (χ4n) is 1.16. The summed E-state index contributed by atoms with van der Waals surface area (Å²) in [5.74, 6) is -0.370. The Kier molecular flexibility index (Phi) is 4.65. The van der Waals surface area contributed by atoms with Gasteiger partial charge in [-0.05, 0) is 19.1 Å². The summed E-state index contributed by atoms with van der Waals surface area (Å²) >= 11 is 4.18. The summed E-state index contributed by atoms with van der Waals surface area (Å²) in [4.78, 5) is 12.2. The van der Waals surface area contributed by atoms with E-state index in [2.05, 4.69) is 12.6 Å². The lowest BCUT2D eigenvalue weighted by Gasteiger charge is -2.12. The average Bonchev–Trinajstić information content (AvgIpc) is 2.18. The highest BCUT2D eigenvalue weighted by molar-refractivity contribution is 7.80. The third-order valence-electron chi connectivity index (χ3n) is 1.83. The number of hydrogen-bond acceptors (Lipinski definition) is 4. The van der Waals surface area contributed by atoms with Crippen molar-refractivity contribution in [3.63, 3.8) is 0 Å². The number of ether oxygens (including phenoxy) is 2. The van der Waals surface area contributed by atoms with Crippen LogP contribution in [0.1, 0.15) is 17.3 Å². The zero-order valence-electron chi connectivity index (χ0n) is 8.77. The van der Waals surface area contributed by atoms with Crippen LogP contribution in [-0.2, 0) is 9.47 Å². The maximum atomic E-state index is 11.6. The molecule has 1 aromatic carbocycles. The Morgan fingerprint density at radius 1 is 1.47 bits per heavy atom. The van der Waals surface area contributed by atoms with Crippen molar-refractivity contribution >= 4 is 18.6 Å². The zero-order chi connectivity index (χ0) is 11.3. The monoisotopic (exact) mass is 226 g/mol. The molecule has 0 saturated carbocycles. The van der Waals surface area contributed by atoms with Gasteiger partial charge >= 0.3 is 5.97 Å². The number of rotatable bonds is 4. The van der Waals surface area contributed by atoms with Crippen molar-refractivity contribution in [3.8, 4) is 0 Å². The fraction of sp³-hybridized carbons (Fsp3) is 0.364. The number of carbonyl (C=O) groups is 1. The van der Waals surface area contributed by atoms with Gasteiger partial charge in [0, 0.05) is 12.0 Å². The molecule has 1 unspecified atom stereocenters. The molecule has 0 spiro atoms. The zero-order valence-corrected chi connectivity index (χ0v) is 9.66. The first-order valence-corrected chi connectivity index (χ1v) is 5.07. The van der Waals surface area contributed by atoms with Gasteiger partial charge in [0.15, 0.2) is 0 Å². The van der Waals surface area contributed by atoms with Crippen LogP contribution in [0, 0.1) is 0 Å². The van der Waals surface area contributed by atoms with Crippen LogP contribution in [0.5, 0.6) is 0 Å². The Balaban J connectivity index is 2.65. The van der Waals surface area contributed by atoms with Crippen molar-refractivity contribution in [3.05, 3.63) is 29.8 Å². The molecule has 0 fully saturated rings. The van der Waals surface area contributed by atoms with Crippen molar-refractivity contribution in [2.24, 2.45) is 0 Å². The normalized spacial score (nSPS) is 12.2. The van der Waals surface area contributed by atoms with Gasteiger partial charge in [0.1, 0.15) is 6.10 Å². The molecule has 1 rings (SSSR count). The van der Waals surface area contributed by atoms with Crippen molar-refractivity contribution in [2.75, 3.05) is 13.7 Å². The van der Waals surface area contributed by atoms with Crippen molar-refractivity contribution in [1.29, 1.82) is 0 Å². The lowest BCUT2D eigenvalue weighted by atomic mass is 10.2. The van der Waals surface area contributed by atoms with E-state index in [0.717, 1.165) is 0 Å². The highest BCUT2D eigenvalue weighted by Crippen LogP contribution is 2.14. The van der Waals surface area contributed by atoms with Gasteiger partial charge in [-0.2, -0.15) is 0 Å². The van der Waals surface area contributed by atoms with Crippen molar-refractivity contribution < 1.29 is 14.3 Å². The highest BCUT2D eigenvalue weighted by atomic mass is 32.1. The first-order chi connectivity index (χ1) is 7.15. The highest BCUT2D eigenvalue weighted by Gasteiger charge is 2.13. The van der Waals surface area contributed by atoms with Gasteiger partial charge < -0.3 is 9.47 Å². The van der Waals surface area contributed by atoms with E-state index in [-0.39, 0.29) is 12.1 Å². The number of benzene rings is 1. The summed E-state index contributed by atoms with van der Waals surface area (Å²) in [6, 6.07) is 7.03. The molecule has 0 N–H and O–H groups in total. The number of hydrogen-bond donors (Lipinski definition) is 1. The molecule has 0 aliphatic heterocycles. The molecule has 0 amide bonds. The summed E-state index contributed by atoms with van der Waals surface area (Å²) in [6.45, 7) is 2.17. The lowest BCUT2D eigenvalue weighted by Crippen LogP contribution is -2.19. The molecule has 0 heterocycles. The van der Waals surface area contributed by atoms with Gasteiger partial charge in [-0.3, -0.25) is 0 Å². The first-order valence-electron chi connectivity index (χ1n) is 4.63. The average molecular weight is 226 g/mol. The smallest absolute Gasteiger partial charge is 0.339 e. The first kappa shape index (κ1) is 12.1. The second-order valence-electron chi connectivity index (χ2n) is 3.19. The van der Waals surface area contributed by atoms with E-state index < -0.39 is 0 Å². The van der Waals surface area contributed by atoms with Crippen LogP contribution in [0.25, 0.3) is 0 Å². The largest absolute Gasteiger partial charge is 0.457 e. The van der Waals surface area contributed by atoms with E-state index in [0.29, 0.717) is 17.1 Å². The predicted molar refractivity (Wildman–Crippen MR) is 60.4 cm³/mol. The lowest BCUT2D eigenvalue weighted by molar-refractivity contribution is 0.0117. The Bertz CT molecular complexity index is 338. The maximum absolute atomic E-state index is 11.6. The predicted octanol–water partition coefficient (Wildman–Crippen LogP) is 2.17. The minimum atomic E-state index is -0.370. The van der Waals surface area contributed by atoms with Crippen LogP contribution in [-0.4, -0.2) is 25.8 Å². The van der Waals surface area contributed by atoms with Crippen LogP contribution in [0.2, 0.25) is 0 Å². The molecule has 0 aromatic heterocycles. The summed E-state index contributed by atoms with van der Waals surface area (Å²) < 4.78 is 10.0. The van der Waals surface area contributed by atoms with E-state index in [1.54, 1.807) is 32.2 Å². The van der Waals surface area contributed by atoms with Crippen LogP contribution in [0.3, 0.4) is 0 Å². The van der Waals surface area contributed by atoms with Gasteiger partial charge in [-0.1, -0.05) is 12.1 Å². The third kappa shape index (κ3) is 3.57.